The normalized spacial score (nSPS) is 10.6. The Morgan fingerprint density at radius 2 is 1.93 bits per heavy atom. The van der Waals surface area contributed by atoms with Gasteiger partial charge in [0.1, 0.15) is 10.3 Å². The first-order chi connectivity index (χ1) is 7.09. The maximum Gasteiger partial charge on any atom is 0.138 e. The number of pyridine rings is 2. The summed E-state index contributed by atoms with van der Waals surface area (Å²) in [6, 6.07) is 1.77. The van der Waals surface area contributed by atoms with Crippen LogP contribution < -0.4 is 0 Å². The Balaban J connectivity index is 2.90. The zero-order valence-corrected chi connectivity index (χ0v) is 9.60. The summed E-state index contributed by atoms with van der Waals surface area (Å²) in [6.07, 6.45) is 3.32. The van der Waals surface area contributed by atoms with Crippen LogP contribution in [0.1, 0.15) is 12.5 Å². The van der Waals surface area contributed by atoms with Gasteiger partial charge in [-0.2, -0.15) is 0 Å². The van der Waals surface area contributed by atoms with Crippen LogP contribution in [-0.4, -0.2) is 9.97 Å². The van der Waals surface area contributed by atoms with Crippen LogP contribution in [0.3, 0.4) is 0 Å². The first kappa shape index (κ1) is 10.4. The Hall–Kier alpha value is -1.12. The van der Waals surface area contributed by atoms with Gasteiger partial charge in [-0.15, -0.1) is 0 Å². The zero-order chi connectivity index (χ0) is 11.0. The molecule has 0 aliphatic heterocycles. The minimum Gasteiger partial charge on any atom is -0.244 e. The fourth-order valence-electron chi connectivity index (χ4n) is 1.42. The number of allylic oxidation sites excluding steroid dienone is 1. The molecule has 0 unspecified atom stereocenters. The van der Waals surface area contributed by atoms with Gasteiger partial charge < -0.3 is 0 Å². The Bertz CT molecular complexity index is 550. The van der Waals surface area contributed by atoms with E-state index in [1.165, 1.54) is 0 Å². The monoisotopic (exact) mass is 238 g/mol. The molecule has 0 fully saturated rings. The van der Waals surface area contributed by atoms with Gasteiger partial charge in [0.15, 0.2) is 0 Å². The molecular formula is C11H8Cl2N2. The van der Waals surface area contributed by atoms with Crippen molar-refractivity contribution in [3.63, 3.8) is 0 Å². The van der Waals surface area contributed by atoms with Gasteiger partial charge in [0.25, 0.3) is 0 Å². The second-order valence-electron chi connectivity index (χ2n) is 3.30. The molecule has 2 rings (SSSR count). The third-order valence-corrected chi connectivity index (χ3v) is 2.66. The van der Waals surface area contributed by atoms with Gasteiger partial charge in [-0.05, 0) is 23.9 Å². The molecule has 0 aliphatic rings. The molecule has 0 spiro atoms. The molecule has 2 aromatic heterocycles. The smallest absolute Gasteiger partial charge is 0.138 e. The molecule has 0 amide bonds. The molecule has 4 heteroatoms. The summed E-state index contributed by atoms with van der Waals surface area (Å²) in [5.74, 6) is 0. The second-order valence-corrected chi connectivity index (χ2v) is 4.04. The van der Waals surface area contributed by atoms with E-state index in [1.807, 2.05) is 6.92 Å². The van der Waals surface area contributed by atoms with Crippen LogP contribution in [0.15, 0.2) is 25.0 Å². The number of halogens is 2. The molecule has 15 heavy (non-hydrogen) atoms. The van der Waals surface area contributed by atoms with Crippen LogP contribution in [0.25, 0.3) is 16.3 Å². The third kappa shape index (κ3) is 1.83. The summed E-state index contributed by atoms with van der Waals surface area (Å²) >= 11 is 11.8. The fraction of sp³-hybridized carbons (Fsp3) is 0.0909. The molecule has 0 saturated carbocycles. The molecule has 0 saturated heterocycles. The highest BCUT2D eigenvalue weighted by Crippen LogP contribution is 2.28. The van der Waals surface area contributed by atoms with E-state index in [-0.39, 0.29) is 0 Å². The summed E-state index contributed by atoms with van der Waals surface area (Å²) in [5.41, 5.74) is 1.87. The molecule has 0 aliphatic carbocycles. The van der Waals surface area contributed by atoms with Crippen LogP contribution >= 0.6 is 23.2 Å². The molecule has 2 nitrogen and oxygen atoms in total. The average molecular weight is 239 g/mol. The fourth-order valence-corrected chi connectivity index (χ4v) is 1.77. The highest BCUT2D eigenvalue weighted by atomic mass is 35.5. The summed E-state index contributed by atoms with van der Waals surface area (Å²) < 4.78 is 0. The molecule has 0 aromatic carbocycles. The first-order valence-corrected chi connectivity index (χ1v) is 5.11. The Morgan fingerprint density at radius 1 is 1.20 bits per heavy atom. The second kappa shape index (κ2) is 3.80. The van der Waals surface area contributed by atoms with Crippen molar-refractivity contribution in [1.29, 1.82) is 0 Å². The number of rotatable bonds is 1. The first-order valence-electron chi connectivity index (χ1n) is 4.35. The van der Waals surface area contributed by atoms with Crippen molar-refractivity contribution in [1.82, 2.24) is 9.97 Å². The SMILES string of the molecule is C=C(C)c1cnc(Cl)c2cnc(Cl)cc12. The van der Waals surface area contributed by atoms with Crippen LogP contribution in [-0.2, 0) is 0 Å². The van der Waals surface area contributed by atoms with Crippen molar-refractivity contribution < 1.29 is 0 Å². The van der Waals surface area contributed by atoms with E-state index in [2.05, 4.69) is 16.5 Å². The van der Waals surface area contributed by atoms with Gasteiger partial charge in [0, 0.05) is 23.3 Å². The van der Waals surface area contributed by atoms with Gasteiger partial charge in [-0.25, -0.2) is 9.97 Å². The largest absolute Gasteiger partial charge is 0.244 e. The van der Waals surface area contributed by atoms with Gasteiger partial charge in [-0.1, -0.05) is 29.8 Å². The van der Waals surface area contributed by atoms with Crippen LogP contribution in [0, 0.1) is 0 Å². The molecule has 0 atom stereocenters. The molecule has 2 heterocycles. The Morgan fingerprint density at radius 3 is 2.60 bits per heavy atom. The van der Waals surface area contributed by atoms with Crippen molar-refractivity contribution in [3.8, 4) is 0 Å². The van der Waals surface area contributed by atoms with E-state index in [0.29, 0.717) is 10.3 Å². The molecule has 2 aromatic rings. The number of hydrogen-bond acceptors (Lipinski definition) is 2. The van der Waals surface area contributed by atoms with Gasteiger partial charge in [-0.3, -0.25) is 0 Å². The lowest BCUT2D eigenvalue weighted by Crippen LogP contribution is -1.88. The highest BCUT2D eigenvalue weighted by Gasteiger charge is 2.07. The quantitative estimate of drug-likeness (QED) is 0.703. The van der Waals surface area contributed by atoms with Crippen LogP contribution in [0.5, 0.6) is 0 Å². The van der Waals surface area contributed by atoms with Gasteiger partial charge in [0.2, 0.25) is 0 Å². The number of fused-ring (bicyclic) bond motifs is 1. The van der Waals surface area contributed by atoms with E-state index >= 15 is 0 Å². The van der Waals surface area contributed by atoms with Crippen LogP contribution in [0.4, 0.5) is 0 Å². The highest BCUT2D eigenvalue weighted by molar-refractivity contribution is 6.35. The van der Waals surface area contributed by atoms with Crippen molar-refractivity contribution in [2.45, 2.75) is 6.92 Å². The van der Waals surface area contributed by atoms with E-state index < -0.39 is 0 Å². The van der Waals surface area contributed by atoms with E-state index in [9.17, 15) is 0 Å². The summed E-state index contributed by atoms with van der Waals surface area (Å²) in [5, 5.41) is 2.59. The molecule has 0 bridgehead atoms. The topological polar surface area (TPSA) is 25.8 Å². The number of aromatic nitrogens is 2. The lowest BCUT2D eigenvalue weighted by Gasteiger charge is -2.06. The molecule has 0 N–H and O–H groups in total. The standard InChI is InChI=1S/C11H8Cl2N2/c1-6(2)8-4-15-11(13)9-5-14-10(12)3-7(8)9/h3-5H,1H2,2H3. The van der Waals surface area contributed by atoms with Crippen molar-refractivity contribution >= 4 is 39.5 Å². The summed E-state index contributed by atoms with van der Waals surface area (Å²) in [6.45, 7) is 5.80. The predicted molar refractivity (Wildman–Crippen MR) is 64.3 cm³/mol. The lowest BCUT2D eigenvalue weighted by molar-refractivity contribution is 1.30. The third-order valence-electron chi connectivity index (χ3n) is 2.15. The van der Waals surface area contributed by atoms with E-state index in [1.54, 1.807) is 18.5 Å². The van der Waals surface area contributed by atoms with Crippen molar-refractivity contribution in [2.24, 2.45) is 0 Å². The maximum atomic E-state index is 5.96. The number of nitrogens with zero attached hydrogens (tertiary/aromatic N) is 2. The molecule has 0 radical (unpaired) electrons. The van der Waals surface area contributed by atoms with Gasteiger partial charge >= 0.3 is 0 Å². The minimum absolute atomic E-state index is 0.430. The van der Waals surface area contributed by atoms with E-state index in [0.717, 1.165) is 21.9 Å². The summed E-state index contributed by atoms with van der Waals surface area (Å²) in [7, 11) is 0. The summed E-state index contributed by atoms with van der Waals surface area (Å²) in [4.78, 5) is 8.06. The Labute approximate surface area is 97.6 Å². The van der Waals surface area contributed by atoms with Gasteiger partial charge in [0.05, 0.1) is 0 Å². The lowest BCUT2D eigenvalue weighted by atomic mass is 10.1. The maximum absolute atomic E-state index is 5.96. The van der Waals surface area contributed by atoms with Crippen molar-refractivity contribution in [3.05, 3.63) is 40.9 Å². The minimum atomic E-state index is 0.430. The zero-order valence-electron chi connectivity index (χ0n) is 8.09. The molecular weight excluding hydrogens is 231 g/mol. The van der Waals surface area contributed by atoms with Crippen LogP contribution in [0.2, 0.25) is 10.3 Å². The van der Waals surface area contributed by atoms with E-state index in [4.69, 9.17) is 23.2 Å². The molecule has 76 valence electrons. The average Bonchev–Trinajstić information content (AvgIpc) is 2.17. The number of hydrogen-bond donors (Lipinski definition) is 0. The Kier molecular flexibility index (Phi) is 2.63. The van der Waals surface area contributed by atoms with Crippen molar-refractivity contribution in [2.75, 3.05) is 0 Å². The predicted octanol–water partition coefficient (Wildman–Crippen LogP) is 3.97.